The second kappa shape index (κ2) is 6.53. The number of allylic oxidation sites excluding steroid dienone is 1. The maximum absolute atomic E-state index is 13.0. The number of benzene rings is 2. The Bertz CT molecular complexity index is 1020. The average molecular weight is 326 g/mol. The first kappa shape index (κ1) is 15.0. The van der Waals surface area contributed by atoms with Crippen molar-refractivity contribution in [3.63, 3.8) is 0 Å². The van der Waals surface area contributed by atoms with Crippen molar-refractivity contribution in [3.05, 3.63) is 96.1 Å². The fourth-order valence-corrected chi connectivity index (χ4v) is 2.58. The molecule has 0 spiro atoms. The summed E-state index contributed by atoms with van der Waals surface area (Å²) in [6, 6.07) is 20.6. The van der Waals surface area contributed by atoms with Gasteiger partial charge in [-0.1, -0.05) is 42.5 Å². The lowest BCUT2D eigenvalue weighted by atomic mass is 10.0. The third-order valence-corrected chi connectivity index (χ3v) is 3.80. The highest BCUT2D eigenvalue weighted by molar-refractivity contribution is 6.31. The second-order valence-corrected chi connectivity index (χ2v) is 5.53. The molecule has 4 nitrogen and oxygen atoms in total. The third kappa shape index (κ3) is 3.10. The first-order valence-corrected chi connectivity index (χ1v) is 7.89. The molecule has 2 aromatic heterocycles. The second-order valence-electron chi connectivity index (χ2n) is 5.53. The number of Topliss-reactive ketones (excluding diaryl/α,β-unsaturated/α-hetero) is 1. The Morgan fingerprint density at radius 2 is 1.72 bits per heavy atom. The largest absolute Gasteiger partial charge is 0.436 e. The molecule has 2 heterocycles. The van der Waals surface area contributed by atoms with Crippen molar-refractivity contribution in [2.75, 3.05) is 0 Å². The van der Waals surface area contributed by atoms with Gasteiger partial charge in [0.2, 0.25) is 5.89 Å². The SMILES string of the molecule is O=C(C(=Cc1ccccc1)c1nc2ccccc2o1)c1cccnc1. The summed E-state index contributed by atoms with van der Waals surface area (Å²) in [5.41, 5.74) is 3.16. The number of carbonyl (C=O) groups is 1. The van der Waals surface area contributed by atoms with Crippen LogP contribution in [0.1, 0.15) is 21.8 Å². The van der Waals surface area contributed by atoms with Crippen LogP contribution in [0, 0.1) is 0 Å². The standard InChI is InChI=1S/C21H14N2O2/c24-20(16-9-6-12-22-14-16)17(13-15-7-2-1-3-8-15)21-23-18-10-4-5-11-19(18)25-21/h1-14H. The molecule has 0 aliphatic rings. The highest BCUT2D eigenvalue weighted by Gasteiger charge is 2.20. The lowest BCUT2D eigenvalue weighted by molar-refractivity contribution is 0.105. The summed E-state index contributed by atoms with van der Waals surface area (Å²) in [6.07, 6.45) is 4.97. The van der Waals surface area contributed by atoms with E-state index < -0.39 is 0 Å². The van der Waals surface area contributed by atoms with Crippen molar-refractivity contribution in [2.45, 2.75) is 0 Å². The van der Waals surface area contributed by atoms with E-state index in [4.69, 9.17) is 4.42 Å². The molecule has 4 heteroatoms. The normalized spacial score (nSPS) is 11.6. The van der Waals surface area contributed by atoms with Gasteiger partial charge in [0.15, 0.2) is 11.4 Å². The molecule has 0 amide bonds. The van der Waals surface area contributed by atoms with Crippen LogP contribution in [-0.2, 0) is 0 Å². The van der Waals surface area contributed by atoms with Gasteiger partial charge < -0.3 is 4.42 Å². The van der Waals surface area contributed by atoms with Gasteiger partial charge >= 0.3 is 0 Å². The predicted molar refractivity (Wildman–Crippen MR) is 96.9 cm³/mol. The van der Waals surface area contributed by atoms with Crippen LogP contribution in [0.2, 0.25) is 0 Å². The lowest BCUT2D eigenvalue weighted by Crippen LogP contribution is -2.03. The van der Waals surface area contributed by atoms with Gasteiger partial charge in [-0.15, -0.1) is 0 Å². The maximum atomic E-state index is 13.0. The van der Waals surface area contributed by atoms with Gasteiger partial charge in [-0.25, -0.2) is 4.98 Å². The minimum Gasteiger partial charge on any atom is -0.436 e. The fraction of sp³-hybridized carbons (Fsp3) is 0. The number of ketones is 1. The van der Waals surface area contributed by atoms with E-state index in [-0.39, 0.29) is 5.78 Å². The summed E-state index contributed by atoms with van der Waals surface area (Å²) in [5.74, 6) is 0.127. The summed E-state index contributed by atoms with van der Waals surface area (Å²) in [4.78, 5) is 21.5. The molecular formula is C21H14N2O2. The smallest absolute Gasteiger partial charge is 0.231 e. The van der Waals surface area contributed by atoms with E-state index in [2.05, 4.69) is 9.97 Å². The summed E-state index contributed by atoms with van der Waals surface area (Å²) < 4.78 is 5.82. The summed E-state index contributed by atoms with van der Waals surface area (Å²) in [7, 11) is 0. The monoisotopic (exact) mass is 326 g/mol. The Morgan fingerprint density at radius 1 is 0.920 bits per heavy atom. The van der Waals surface area contributed by atoms with Gasteiger partial charge in [0.05, 0.1) is 5.57 Å². The first-order chi connectivity index (χ1) is 12.3. The molecule has 0 unspecified atom stereocenters. The zero-order chi connectivity index (χ0) is 17.1. The van der Waals surface area contributed by atoms with Crippen molar-refractivity contribution in [1.82, 2.24) is 9.97 Å². The van der Waals surface area contributed by atoms with E-state index in [9.17, 15) is 4.79 Å². The maximum Gasteiger partial charge on any atom is 0.231 e. The number of hydrogen-bond acceptors (Lipinski definition) is 4. The van der Waals surface area contributed by atoms with Crippen LogP contribution in [0.3, 0.4) is 0 Å². The number of pyridine rings is 1. The number of hydrogen-bond donors (Lipinski definition) is 0. The van der Waals surface area contributed by atoms with Gasteiger partial charge in [-0.05, 0) is 35.9 Å². The van der Waals surface area contributed by atoms with E-state index in [1.165, 1.54) is 0 Å². The number of fused-ring (bicyclic) bond motifs is 1. The molecule has 0 atom stereocenters. The average Bonchev–Trinajstić information content (AvgIpc) is 3.11. The molecule has 0 saturated heterocycles. The van der Waals surface area contributed by atoms with Gasteiger partial charge in [0, 0.05) is 18.0 Å². The number of para-hydroxylation sites is 2. The van der Waals surface area contributed by atoms with Crippen molar-refractivity contribution >= 4 is 28.5 Å². The Balaban J connectivity index is 1.86. The molecule has 0 N–H and O–H groups in total. The minimum atomic E-state index is -0.177. The number of carbonyl (C=O) groups excluding carboxylic acids is 1. The minimum absolute atomic E-state index is 0.177. The van der Waals surface area contributed by atoms with Gasteiger partial charge in [-0.2, -0.15) is 0 Å². The van der Waals surface area contributed by atoms with Crippen molar-refractivity contribution in [2.24, 2.45) is 0 Å². The zero-order valence-electron chi connectivity index (χ0n) is 13.3. The van der Waals surface area contributed by atoms with E-state index in [0.717, 1.165) is 11.1 Å². The molecule has 0 saturated carbocycles. The Morgan fingerprint density at radius 3 is 2.48 bits per heavy atom. The molecule has 0 aliphatic carbocycles. The molecule has 0 bridgehead atoms. The lowest BCUT2D eigenvalue weighted by Gasteiger charge is -2.03. The Hall–Kier alpha value is -3.53. The number of oxazole rings is 1. The van der Waals surface area contributed by atoms with E-state index in [0.29, 0.717) is 22.6 Å². The van der Waals surface area contributed by atoms with Gasteiger partial charge in [0.25, 0.3) is 0 Å². The number of rotatable bonds is 4. The van der Waals surface area contributed by atoms with Crippen LogP contribution in [0.4, 0.5) is 0 Å². The molecule has 2 aromatic carbocycles. The first-order valence-electron chi connectivity index (χ1n) is 7.89. The summed E-state index contributed by atoms with van der Waals surface area (Å²) >= 11 is 0. The molecule has 4 aromatic rings. The molecule has 0 aliphatic heterocycles. The van der Waals surface area contributed by atoms with E-state index >= 15 is 0 Å². The third-order valence-electron chi connectivity index (χ3n) is 3.80. The van der Waals surface area contributed by atoms with Crippen LogP contribution in [-0.4, -0.2) is 15.8 Å². The molecular weight excluding hydrogens is 312 g/mol. The number of aromatic nitrogens is 2. The number of nitrogens with zero attached hydrogens (tertiary/aromatic N) is 2. The van der Waals surface area contributed by atoms with Gasteiger partial charge in [-0.3, -0.25) is 9.78 Å². The Labute approximate surface area is 144 Å². The topological polar surface area (TPSA) is 56.0 Å². The van der Waals surface area contributed by atoms with Crippen LogP contribution in [0.15, 0.2) is 83.5 Å². The van der Waals surface area contributed by atoms with Crippen LogP contribution < -0.4 is 0 Å². The Kier molecular flexibility index (Phi) is 3.92. The van der Waals surface area contributed by atoms with Crippen LogP contribution >= 0.6 is 0 Å². The molecule has 4 rings (SSSR count). The molecule has 0 fully saturated rings. The molecule has 0 radical (unpaired) electrons. The zero-order valence-corrected chi connectivity index (χ0v) is 13.3. The van der Waals surface area contributed by atoms with Crippen LogP contribution in [0.25, 0.3) is 22.7 Å². The highest BCUT2D eigenvalue weighted by Crippen LogP contribution is 2.25. The van der Waals surface area contributed by atoms with Crippen molar-refractivity contribution < 1.29 is 9.21 Å². The quantitative estimate of drug-likeness (QED) is 0.405. The fourth-order valence-electron chi connectivity index (χ4n) is 2.58. The molecule has 120 valence electrons. The summed E-state index contributed by atoms with van der Waals surface area (Å²) in [5, 5.41) is 0. The molecule has 25 heavy (non-hydrogen) atoms. The highest BCUT2D eigenvalue weighted by atomic mass is 16.3. The van der Waals surface area contributed by atoms with Gasteiger partial charge in [0.1, 0.15) is 5.52 Å². The predicted octanol–water partition coefficient (Wildman–Crippen LogP) is 4.65. The van der Waals surface area contributed by atoms with E-state index in [1.54, 1.807) is 30.6 Å². The van der Waals surface area contributed by atoms with Crippen LogP contribution in [0.5, 0.6) is 0 Å². The van der Waals surface area contributed by atoms with E-state index in [1.807, 2.05) is 54.6 Å². The summed E-state index contributed by atoms with van der Waals surface area (Å²) in [6.45, 7) is 0. The van der Waals surface area contributed by atoms with Crippen molar-refractivity contribution in [1.29, 1.82) is 0 Å². The van der Waals surface area contributed by atoms with Crippen molar-refractivity contribution in [3.8, 4) is 0 Å².